The van der Waals surface area contributed by atoms with E-state index in [0.29, 0.717) is 39.3 Å². The normalized spacial score (nSPS) is 23.8. The number of hydrogen-bond donors (Lipinski definition) is 1. The molecule has 2 aliphatic heterocycles. The van der Waals surface area contributed by atoms with Gasteiger partial charge in [0, 0.05) is 6.42 Å². The smallest absolute Gasteiger partial charge is 0.240 e. The van der Waals surface area contributed by atoms with Crippen LogP contribution in [-0.4, -0.2) is 62.3 Å². The molecule has 29 heavy (non-hydrogen) atoms. The van der Waals surface area contributed by atoms with Crippen molar-refractivity contribution in [2.75, 3.05) is 32.8 Å². The van der Waals surface area contributed by atoms with Crippen LogP contribution >= 0.6 is 0 Å². The molecule has 8 heteroatoms. The number of carbonyl (C=O) groups excluding carboxylic acids is 2. The summed E-state index contributed by atoms with van der Waals surface area (Å²) in [5.41, 5.74) is 0.337. The quantitative estimate of drug-likeness (QED) is 0.699. The number of benzene rings is 1. The third-order valence-electron chi connectivity index (χ3n) is 6.70. The Labute approximate surface area is 172 Å². The number of likely N-dealkylation sites (tertiary alicyclic amines) is 1. The zero-order valence-corrected chi connectivity index (χ0v) is 17.6. The van der Waals surface area contributed by atoms with Crippen LogP contribution in [0.3, 0.4) is 0 Å². The van der Waals surface area contributed by atoms with Gasteiger partial charge < -0.3 is 4.90 Å². The molecular formula is C21H30N3O4S+. The Bertz CT molecular complexity index is 857. The van der Waals surface area contributed by atoms with Gasteiger partial charge in [-0.3, -0.25) is 9.59 Å². The van der Waals surface area contributed by atoms with Gasteiger partial charge >= 0.3 is 0 Å². The molecule has 2 heterocycles. The van der Waals surface area contributed by atoms with Crippen LogP contribution in [0, 0.1) is 5.41 Å². The molecule has 0 bridgehead atoms. The molecule has 1 saturated carbocycles. The Balaban J connectivity index is 1.33. The molecule has 1 aliphatic carbocycles. The number of amides is 2. The van der Waals surface area contributed by atoms with Gasteiger partial charge in [-0.25, -0.2) is 13.3 Å². The number of rotatable bonds is 5. The maximum absolute atomic E-state index is 13.0. The fourth-order valence-corrected chi connectivity index (χ4v) is 6.51. The first-order chi connectivity index (χ1) is 13.9. The van der Waals surface area contributed by atoms with Crippen molar-refractivity contribution in [2.24, 2.45) is 5.41 Å². The summed E-state index contributed by atoms with van der Waals surface area (Å²) in [5, 5.41) is 0. The van der Waals surface area contributed by atoms with E-state index < -0.39 is 15.4 Å². The number of imide groups is 1. The molecule has 7 nitrogen and oxygen atoms in total. The van der Waals surface area contributed by atoms with Crippen LogP contribution in [0.4, 0.5) is 0 Å². The molecule has 0 atom stereocenters. The van der Waals surface area contributed by atoms with Crippen LogP contribution in [0.25, 0.3) is 0 Å². The summed E-state index contributed by atoms with van der Waals surface area (Å²) in [7, 11) is -3.36. The summed E-state index contributed by atoms with van der Waals surface area (Å²) < 4.78 is 27.0. The van der Waals surface area contributed by atoms with Crippen molar-refractivity contribution in [3.8, 4) is 0 Å². The monoisotopic (exact) mass is 420 g/mol. The van der Waals surface area contributed by atoms with Gasteiger partial charge in [0.25, 0.3) is 0 Å². The molecule has 0 unspecified atom stereocenters. The van der Waals surface area contributed by atoms with Crippen LogP contribution in [0.15, 0.2) is 30.3 Å². The average molecular weight is 421 g/mol. The third-order valence-corrected chi connectivity index (χ3v) is 8.55. The SMILES string of the molecule is O=C1CC2(CCCCC2)C(=O)N1C[NH+]1CCN(S(=O)(=O)Cc2ccccc2)CC1. The van der Waals surface area contributed by atoms with Crippen molar-refractivity contribution in [3.63, 3.8) is 0 Å². The molecule has 0 aromatic heterocycles. The van der Waals surface area contributed by atoms with E-state index in [0.717, 1.165) is 42.6 Å². The maximum Gasteiger partial charge on any atom is 0.240 e. The molecule has 1 aromatic carbocycles. The van der Waals surface area contributed by atoms with E-state index in [9.17, 15) is 18.0 Å². The molecule has 1 aromatic rings. The summed E-state index contributed by atoms with van der Waals surface area (Å²) in [4.78, 5) is 28.1. The molecule has 3 aliphatic rings. The Hall–Kier alpha value is -1.77. The average Bonchev–Trinajstić information content (AvgIpc) is 2.93. The second-order valence-electron chi connectivity index (χ2n) is 8.69. The second kappa shape index (κ2) is 8.16. The summed E-state index contributed by atoms with van der Waals surface area (Å²) in [6, 6.07) is 9.21. The first-order valence-corrected chi connectivity index (χ1v) is 12.2. The molecular weight excluding hydrogens is 390 g/mol. The number of hydrogen-bond acceptors (Lipinski definition) is 4. The Morgan fingerprint density at radius 2 is 1.62 bits per heavy atom. The van der Waals surface area contributed by atoms with E-state index in [4.69, 9.17) is 0 Å². The number of piperazine rings is 1. The molecule has 0 radical (unpaired) electrons. The number of carbonyl (C=O) groups is 2. The predicted octanol–water partition coefficient (Wildman–Crippen LogP) is 0.384. The first kappa shape index (κ1) is 20.5. The lowest BCUT2D eigenvalue weighted by Crippen LogP contribution is -3.16. The van der Waals surface area contributed by atoms with Gasteiger partial charge in [-0.2, -0.15) is 4.31 Å². The number of nitrogens with zero attached hydrogens (tertiary/aromatic N) is 2. The van der Waals surface area contributed by atoms with Crippen molar-refractivity contribution < 1.29 is 22.9 Å². The Kier molecular flexibility index (Phi) is 5.77. The lowest BCUT2D eigenvalue weighted by Gasteiger charge is -2.34. The van der Waals surface area contributed by atoms with Gasteiger partial charge in [-0.1, -0.05) is 49.6 Å². The maximum atomic E-state index is 13.0. The Morgan fingerprint density at radius 1 is 0.966 bits per heavy atom. The van der Waals surface area contributed by atoms with E-state index in [1.807, 2.05) is 30.3 Å². The van der Waals surface area contributed by atoms with Crippen LogP contribution in [0.1, 0.15) is 44.1 Å². The molecule has 2 amide bonds. The lowest BCUT2D eigenvalue weighted by atomic mass is 9.73. The van der Waals surface area contributed by atoms with Gasteiger partial charge in [0.1, 0.15) is 0 Å². The number of nitrogens with one attached hydrogen (secondary N) is 1. The minimum Gasteiger partial charge on any atom is -0.315 e. The third kappa shape index (κ3) is 4.25. The number of sulfonamides is 1. The zero-order valence-electron chi connectivity index (χ0n) is 16.8. The Morgan fingerprint density at radius 3 is 2.28 bits per heavy atom. The summed E-state index contributed by atoms with van der Waals surface area (Å²) in [6.07, 6.45) is 5.21. The van der Waals surface area contributed by atoms with Crippen molar-refractivity contribution in [1.82, 2.24) is 9.21 Å². The fourth-order valence-electron chi connectivity index (χ4n) is 4.98. The van der Waals surface area contributed by atoms with Crippen molar-refractivity contribution in [3.05, 3.63) is 35.9 Å². The van der Waals surface area contributed by atoms with Gasteiger partial charge in [-0.15, -0.1) is 0 Å². The van der Waals surface area contributed by atoms with Crippen molar-refractivity contribution in [2.45, 2.75) is 44.3 Å². The van der Waals surface area contributed by atoms with E-state index >= 15 is 0 Å². The van der Waals surface area contributed by atoms with Crippen LogP contribution in [-0.2, 0) is 25.4 Å². The standard InChI is InChI=1S/C21H29N3O4S/c25-19-15-21(9-5-2-6-10-21)20(26)24(19)17-22-11-13-23(14-12-22)29(27,28)16-18-7-3-1-4-8-18/h1,3-4,7-8H,2,5-6,9-17H2/p+1. The van der Waals surface area contributed by atoms with E-state index in [-0.39, 0.29) is 17.6 Å². The molecule has 2 saturated heterocycles. The van der Waals surface area contributed by atoms with Gasteiger partial charge in [0.2, 0.25) is 21.8 Å². The van der Waals surface area contributed by atoms with Crippen molar-refractivity contribution in [1.29, 1.82) is 0 Å². The van der Waals surface area contributed by atoms with Gasteiger partial charge in [-0.05, 0) is 18.4 Å². The number of quaternary nitrogens is 1. The lowest BCUT2D eigenvalue weighted by molar-refractivity contribution is -0.911. The van der Waals surface area contributed by atoms with E-state index in [2.05, 4.69) is 0 Å². The minimum absolute atomic E-state index is 0.00817. The van der Waals surface area contributed by atoms with Crippen molar-refractivity contribution >= 4 is 21.8 Å². The zero-order chi connectivity index (χ0) is 20.5. The van der Waals surface area contributed by atoms with Crippen LogP contribution in [0.5, 0.6) is 0 Å². The highest BCUT2D eigenvalue weighted by Gasteiger charge is 2.52. The highest BCUT2D eigenvalue weighted by atomic mass is 32.2. The van der Waals surface area contributed by atoms with Gasteiger partial charge in [0.15, 0.2) is 6.67 Å². The first-order valence-electron chi connectivity index (χ1n) is 10.6. The highest BCUT2D eigenvalue weighted by Crippen LogP contribution is 2.44. The predicted molar refractivity (Wildman–Crippen MR) is 108 cm³/mol. The fraction of sp³-hybridized carbons (Fsp3) is 0.619. The largest absolute Gasteiger partial charge is 0.315 e. The van der Waals surface area contributed by atoms with E-state index in [1.54, 1.807) is 4.31 Å². The minimum atomic E-state index is -3.36. The molecule has 158 valence electrons. The topological polar surface area (TPSA) is 79.2 Å². The van der Waals surface area contributed by atoms with Crippen LogP contribution in [0.2, 0.25) is 0 Å². The molecule has 3 fully saturated rings. The summed E-state index contributed by atoms with van der Waals surface area (Å²) >= 11 is 0. The van der Waals surface area contributed by atoms with Gasteiger partial charge in [0.05, 0.1) is 37.3 Å². The van der Waals surface area contributed by atoms with Crippen LogP contribution < -0.4 is 4.90 Å². The molecule has 4 rings (SSSR count). The highest BCUT2D eigenvalue weighted by molar-refractivity contribution is 7.88. The summed E-state index contributed by atoms with van der Waals surface area (Å²) in [5.74, 6) is -0.0354. The molecule has 1 N–H and O–H groups in total. The molecule has 1 spiro atoms. The van der Waals surface area contributed by atoms with E-state index in [1.165, 1.54) is 4.90 Å². The summed E-state index contributed by atoms with van der Waals surface area (Å²) in [6.45, 7) is 2.43. The second-order valence-corrected chi connectivity index (χ2v) is 10.7.